The fourth-order valence-corrected chi connectivity index (χ4v) is 2.42. The molecule has 0 saturated carbocycles. The second-order valence-electron chi connectivity index (χ2n) is 4.31. The van der Waals surface area contributed by atoms with Crippen LogP contribution in [0.5, 0.6) is 0 Å². The first kappa shape index (κ1) is 8.48. The third-order valence-corrected chi connectivity index (χ3v) is 3.29. The molecular formula is C11H16N2O. The maximum Gasteiger partial charge on any atom is 0.112 e. The zero-order valence-corrected chi connectivity index (χ0v) is 8.38. The zero-order chi connectivity index (χ0) is 9.38. The van der Waals surface area contributed by atoms with Gasteiger partial charge in [0, 0.05) is 18.2 Å². The Balaban J connectivity index is 1.87. The van der Waals surface area contributed by atoms with Crippen molar-refractivity contribution in [3.8, 4) is 0 Å². The highest BCUT2D eigenvalue weighted by Crippen LogP contribution is 2.26. The van der Waals surface area contributed by atoms with Gasteiger partial charge in [-0.15, -0.1) is 0 Å². The highest BCUT2D eigenvalue weighted by molar-refractivity contribution is 5.19. The van der Waals surface area contributed by atoms with E-state index in [1.54, 1.807) is 0 Å². The summed E-state index contributed by atoms with van der Waals surface area (Å²) >= 11 is 0. The molecule has 1 saturated heterocycles. The summed E-state index contributed by atoms with van der Waals surface area (Å²) in [5.74, 6) is 1.70. The van der Waals surface area contributed by atoms with Crippen LogP contribution in [0, 0.1) is 0 Å². The van der Waals surface area contributed by atoms with E-state index in [0.717, 1.165) is 19.6 Å². The lowest BCUT2D eigenvalue weighted by Crippen LogP contribution is -2.00. The Kier molecular flexibility index (Phi) is 2.05. The zero-order valence-electron chi connectivity index (χ0n) is 8.38. The van der Waals surface area contributed by atoms with E-state index in [2.05, 4.69) is 4.98 Å². The molecule has 3 rings (SSSR count). The molecule has 0 bridgehead atoms. The van der Waals surface area contributed by atoms with Crippen LogP contribution in [0.25, 0.3) is 0 Å². The number of ether oxygens (including phenoxy) is 1. The van der Waals surface area contributed by atoms with Gasteiger partial charge in [0.05, 0.1) is 12.3 Å². The number of nitrogens with zero attached hydrogens (tertiary/aromatic N) is 1. The Morgan fingerprint density at radius 2 is 2.21 bits per heavy atom. The van der Waals surface area contributed by atoms with E-state index in [0.29, 0.717) is 5.92 Å². The summed E-state index contributed by atoms with van der Waals surface area (Å²) in [6.07, 6.45) is 6.11. The molecule has 1 N–H and O–H groups in total. The van der Waals surface area contributed by atoms with Gasteiger partial charge in [-0.25, -0.2) is 4.98 Å². The average Bonchev–Trinajstić information content (AvgIpc) is 2.86. The number of hydrogen-bond donors (Lipinski definition) is 1. The monoisotopic (exact) mass is 192 g/mol. The standard InChI is InChI=1S/C11H16N2O/c1-2-4-10-9(3-1)12-11(13-10)8-5-6-14-7-8/h8H,1-7H2,(H,12,13). The van der Waals surface area contributed by atoms with Gasteiger partial charge in [0.25, 0.3) is 0 Å². The molecule has 1 aliphatic heterocycles. The lowest BCUT2D eigenvalue weighted by Gasteiger charge is -2.07. The SMILES string of the molecule is C1CCc2[nH]c(C3CCOC3)nc2C1. The van der Waals surface area contributed by atoms with Crippen LogP contribution in [0.2, 0.25) is 0 Å². The first-order valence-corrected chi connectivity index (χ1v) is 5.59. The molecule has 1 fully saturated rings. The normalized spacial score (nSPS) is 26.4. The molecular weight excluding hydrogens is 176 g/mol. The number of fused-ring (bicyclic) bond motifs is 1. The second kappa shape index (κ2) is 3.39. The largest absolute Gasteiger partial charge is 0.381 e. The third kappa shape index (κ3) is 1.36. The molecule has 1 aliphatic carbocycles. The van der Waals surface area contributed by atoms with E-state index in [-0.39, 0.29) is 0 Å². The minimum absolute atomic E-state index is 0.528. The Hall–Kier alpha value is -0.830. The highest BCUT2D eigenvalue weighted by atomic mass is 16.5. The number of aromatic nitrogens is 2. The fourth-order valence-electron chi connectivity index (χ4n) is 2.42. The summed E-state index contributed by atoms with van der Waals surface area (Å²) in [5.41, 5.74) is 2.70. The van der Waals surface area contributed by atoms with Gasteiger partial charge in [-0.2, -0.15) is 0 Å². The van der Waals surface area contributed by atoms with Crippen LogP contribution in [0.1, 0.15) is 42.4 Å². The first-order valence-electron chi connectivity index (χ1n) is 5.59. The second-order valence-corrected chi connectivity index (χ2v) is 4.31. The number of imidazole rings is 1. The van der Waals surface area contributed by atoms with Crippen molar-refractivity contribution < 1.29 is 4.74 Å². The molecule has 3 heteroatoms. The Morgan fingerprint density at radius 3 is 3.00 bits per heavy atom. The maximum absolute atomic E-state index is 5.38. The number of hydrogen-bond acceptors (Lipinski definition) is 2. The quantitative estimate of drug-likeness (QED) is 0.736. The van der Waals surface area contributed by atoms with Gasteiger partial charge in [0.15, 0.2) is 0 Å². The predicted molar refractivity (Wildman–Crippen MR) is 53.4 cm³/mol. The Morgan fingerprint density at radius 1 is 1.29 bits per heavy atom. The molecule has 14 heavy (non-hydrogen) atoms. The molecule has 1 atom stereocenters. The minimum Gasteiger partial charge on any atom is -0.381 e. The Bertz CT molecular complexity index is 303. The number of aryl methyl sites for hydroxylation is 2. The number of H-pyrrole nitrogens is 1. The van der Waals surface area contributed by atoms with Crippen molar-refractivity contribution >= 4 is 0 Å². The van der Waals surface area contributed by atoms with Crippen molar-refractivity contribution in [1.29, 1.82) is 0 Å². The maximum atomic E-state index is 5.38. The number of aromatic amines is 1. The number of rotatable bonds is 1. The van der Waals surface area contributed by atoms with Crippen LogP contribution < -0.4 is 0 Å². The van der Waals surface area contributed by atoms with Crippen LogP contribution in [0.3, 0.4) is 0 Å². The molecule has 0 radical (unpaired) electrons. The van der Waals surface area contributed by atoms with E-state index >= 15 is 0 Å². The van der Waals surface area contributed by atoms with E-state index < -0.39 is 0 Å². The van der Waals surface area contributed by atoms with Crippen LogP contribution in [0.4, 0.5) is 0 Å². The molecule has 1 aromatic heterocycles. The van der Waals surface area contributed by atoms with Gasteiger partial charge >= 0.3 is 0 Å². The summed E-state index contributed by atoms with van der Waals surface area (Å²) in [6, 6.07) is 0. The average molecular weight is 192 g/mol. The van der Waals surface area contributed by atoms with Gasteiger partial charge in [-0.3, -0.25) is 0 Å². The van der Waals surface area contributed by atoms with Gasteiger partial charge in [-0.1, -0.05) is 0 Å². The molecule has 0 amide bonds. The molecule has 0 aromatic carbocycles. The third-order valence-electron chi connectivity index (χ3n) is 3.29. The molecule has 1 aromatic rings. The van der Waals surface area contributed by atoms with E-state index in [4.69, 9.17) is 9.72 Å². The van der Waals surface area contributed by atoms with Gasteiger partial charge in [-0.05, 0) is 32.1 Å². The Labute approximate surface area is 83.9 Å². The van der Waals surface area contributed by atoms with Crippen molar-refractivity contribution in [2.24, 2.45) is 0 Å². The van der Waals surface area contributed by atoms with Gasteiger partial charge in [0.1, 0.15) is 5.82 Å². The molecule has 76 valence electrons. The summed E-state index contributed by atoms with van der Waals surface area (Å²) in [7, 11) is 0. The van der Waals surface area contributed by atoms with Crippen LogP contribution in [0.15, 0.2) is 0 Å². The lowest BCUT2D eigenvalue weighted by molar-refractivity contribution is 0.193. The molecule has 1 unspecified atom stereocenters. The summed E-state index contributed by atoms with van der Waals surface area (Å²) < 4.78 is 5.38. The highest BCUT2D eigenvalue weighted by Gasteiger charge is 2.23. The van der Waals surface area contributed by atoms with Gasteiger partial charge in [0.2, 0.25) is 0 Å². The van der Waals surface area contributed by atoms with Crippen molar-refractivity contribution in [3.05, 3.63) is 17.2 Å². The van der Waals surface area contributed by atoms with E-state index in [1.165, 1.54) is 42.9 Å². The van der Waals surface area contributed by atoms with Crippen LogP contribution in [-0.2, 0) is 17.6 Å². The minimum atomic E-state index is 0.528. The topological polar surface area (TPSA) is 37.9 Å². The summed E-state index contributed by atoms with van der Waals surface area (Å²) in [6.45, 7) is 1.75. The molecule has 2 heterocycles. The predicted octanol–water partition coefficient (Wildman–Crippen LogP) is 1.79. The summed E-state index contributed by atoms with van der Waals surface area (Å²) in [4.78, 5) is 8.18. The smallest absolute Gasteiger partial charge is 0.112 e. The van der Waals surface area contributed by atoms with Gasteiger partial charge < -0.3 is 9.72 Å². The van der Waals surface area contributed by atoms with E-state index in [1.807, 2.05) is 0 Å². The van der Waals surface area contributed by atoms with Crippen LogP contribution in [-0.4, -0.2) is 23.2 Å². The summed E-state index contributed by atoms with van der Waals surface area (Å²) in [5, 5.41) is 0. The molecule has 0 spiro atoms. The number of nitrogens with one attached hydrogen (secondary N) is 1. The molecule has 3 nitrogen and oxygen atoms in total. The van der Waals surface area contributed by atoms with Crippen molar-refractivity contribution in [3.63, 3.8) is 0 Å². The van der Waals surface area contributed by atoms with Crippen molar-refractivity contribution in [2.45, 2.75) is 38.0 Å². The van der Waals surface area contributed by atoms with Crippen LogP contribution >= 0.6 is 0 Å². The lowest BCUT2D eigenvalue weighted by atomic mass is 10.0. The first-order chi connectivity index (χ1) is 6.93. The van der Waals surface area contributed by atoms with Crippen molar-refractivity contribution in [2.75, 3.05) is 13.2 Å². The fraction of sp³-hybridized carbons (Fsp3) is 0.727. The van der Waals surface area contributed by atoms with E-state index in [9.17, 15) is 0 Å². The molecule has 2 aliphatic rings. The van der Waals surface area contributed by atoms with Crippen molar-refractivity contribution in [1.82, 2.24) is 9.97 Å².